The number of nitrogens with two attached hydrogens (primary N) is 1. The number of aromatic nitrogens is 2. The number of anilines is 1. The van der Waals surface area contributed by atoms with Gasteiger partial charge in [0.2, 0.25) is 0 Å². The third-order valence-corrected chi connectivity index (χ3v) is 3.30. The summed E-state index contributed by atoms with van der Waals surface area (Å²) in [5.74, 6) is 2.78. The van der Waals surface area contributed by atoms with E-state index in [0.29, 0.717) is 11.7 Å². The summed E-state index contributed by atoms with van der Waals surface area (Å²) >= 11 is 0. The minimum atomic E-state index is 0.613. The van der Waals surface area contributed by atoms with Crippen LogP contribution in [0.3, 0.4) is 0 Å². The Bertz CT molecular complexity index is 353. The van der Waals surface area contributed by atoms with Crippen LogP contribution < -0.4 is 5.73 Å². The van der Waals surface area contributed by atoms with Crippen molar-refractivity contribution in [3.05, 3.63) is 23.9 Å². The van der Waals surface area contributed by atoms with Crippen LogP contribution in [-0.2, 0) is 0 Å². The third kappa shape index (κ3) is 0.996. The first-order chi connectivity index (χ1) is 6.33. The molecule has 1 aromatic rings. The van der Waals surface area contributed by atoms with Crippen LogP contribution in [0.1, 0.15) is 24.5 Å². The zero-order valence-corrected chi connectivity index (χ0v) is 7.40. The van der Waals surface area contributed by atoms with Crippen LogP contribution in [0.2, 0.25) is 0 Å². The summed E-state index contributed by atoms with van der Waals surface area (Å²) in [5.41, 5.74) is 6.80. The molecule has 0 saturated heterocycles. The normalized spacial score (nSPS) is 35.8. The first-order valence-electron chi connectivity index (χ1n) is 4.82. The van der Waals surface area contributed by atoms with Gasteiger partial charge >= 0.3 is 0 Å². The fourth-order valence-corrected chi connectivity index (χ4v) is 2.68. The molecule has 3 atom stereocenters. The van der Waals surface area contributed by atoms with Crippen LogP contribution >= 0.6 is 0 Å². The van der Waals surface area contributed by atoms with Gasteiger partial charge in [-0.2, -0.15) is 5.10 Å². The van der Waals surface area contributed by atoms with Crippen LogP contribution in [0.5, 0.6) is 0 Å². The lowest BCUT2D eigenvalue weighted by molar-refractivity contribution is 0.568. The highest BCUT2D eigenvalue weighted by molar-refractivity contribution is 5.32. The highest BCUT2D eigenvalue weighted by Gasteiger charge is 2.37. The molecule has 2 aliphatic rings. The summed E-state index contributed by atoms with van der Waals surface area (Å²) < 4.78 is 0. The van der Waals surface area contributed by atoms with Gasteiger partial charge in [-0.15, -0.1) is 0 Å². The van der Waals surface area contributed by atoms with Crippen LogP contribution in [0.4, 0.5) is 5.82 Å². The molecule has 1 fully saturated rings. The Kier molecular flexibility index (Phi) is 1.31. The molecular formula is C10H13N3. The third-order valence-electron chi connectivity index (χ3n) is 3.30. The predicted octanol–water partition coefficient (Wildman–Crippen LogP) is 1.67. The minimum absolute atomic E-state index is 0.613. The number of H-pyrrole nitrogens is 1. The molecular weight excluding hydrogens is 162 g/mol. The highest BCUT2D eigenvalue weighted by atomic mass is 15.2. The zero-order chi connectivity index (χ0) is 8.84. The van der Waals surface area contributed by atoms with E-state index in [1.165, 1.54) is 18.5 Å². The van der Waals surface area contributed by atoms with Crippen molar-refractivity contribution < 1.29 is 0 Å². The second-order valence-corrected chi connectivity index (χ2v) is 4.13. The standard InChI is InChI=1S/C10H13N3/c11-10-5-9(12-13-10)8-4-6-1-2-7(8)3-6/h1-2,5-8H,3-4H2,(H3,11,12,13). The molecule has 3 N–H and O–H groups in total. The smallest absolute Gasteiger partial charge is 0.145 e. The van der Waals surface area contributed by atoms with Crippen molar-refractivity contribution in [2.45, 2.75) is 18.8 Å². The fraction of sp³-hybridized carbons (Fsp3) is 0.500. The van der Waals surface area contributed by atoms with Crippen molar-refractivity contribution in [1.29, 1.82) is 0 Å². The molecule has 3 nitrogen and oxygen atoms in total. The number of allylic oxidation sites excluding steroid dienone is 2. The lowest BCUT2D eigenvalue weighted by Crippen LogP contribution is -2.05. The number of nitrogens with one attached hydrogen (secondary N) is 1. The van der Waals surface area contributed by atoms with Crippen molar-refractivity contribution in [1.82, 2.24) is 10.2 Å². The second kappa shape index (κ2) is 2.37. The zero-order valence-electron chi connectivity index (χ0n) is 7.40. The summed E-state index contributed by atoms with van der Waals surface area (Å²) in [5, 5.41) is 7.00. The highest BCUT2D eigenvalue weighted by Crippen LogP contribution is 2.48. The molecule has 0 amide bonds. The van der Waals surface area contributed by atoms with E-state index in [0.717, 1.165) is 11.8 Å². The molecule has 2 bridgehead atoms. The van der Waals surface area contributed by atoms with E-state index < -0.39 is 0 Å². The van der Waals surface area contributed by atoms with Crippen LogP contribution in [0, 0.1) is 11.8 Å². The maximum absolute atomic E-state index is 5.58. The fourth-order valence-electron chi connectivity index (χ4n) is 2.68. The SMILES string of the molecule is Nc1cc(C2CC3C=CC2C3)[nH]n1. The van der Waals surface area contributed by atoms with Crippen LogP contribution in [0.15, 0.2) is 18.2 Å². The Morgan fingerprint density at radius 3 is 2.85 bits per heavy atom. The maximum Gasteiger partial charge on any atom is 0.145 e. The molecule has 68 valence electrons. The van der Waals surface area contributed by atoms with Gasteiger partial charge in [-0.1, -0.05) is 12.2 Å². The van der Waals surface area contributed by atoms with Gasteiger partial charge < -0.3 is 5.73 Å². The molecule has 13 heavy (non-hydrogen) atoms. The second-order valence-electron chi connectivity index (χ2n) is 4.13. The number of rotatable bonds is 1. The first kappa shape index (κ1) is 7.18. The van der Waals surface area contributed by atoms with Crippen molar-refractivity contribution in [2.75, 3.05) is 5.73 Å². The van der Waals surface area contributed by atoms with Crippen LogP contribution in [-0.4, -0.2) is 10.2 Å². The summed E-state index contributed by atoms with van der Waals surface area (Å²) in [7, 11) is 0. The van der Waals surface area contributed by atoms with Crippen LogP contribution in [0.25, 0.3) is 0 Å². The van der Waals surface area contributed by atoms with E-state index in [2.05, 4.69) is 22.3 Å². The topological polar surface area (TPSA) is 54.7 Å². The Balaban J connectivity index is 1.91. The van der Waals surface area contributed by atoms with Gasteiger partial charge in [0.25, 0.3) is 0 Å². The summed E-state index contributed by atoms with van der Waals surface area (Å²) in [4.78, 5) is 0. The van der Waals surface area contributed by atoms with Crippen molar-refractivity contribution in [3.63, 3.8) is 0 Å². The van der Waals surface area contributed by atoms with E-state index in [1.54, 1.807) is 0 Å². The number of hydrogen-bond donors (Lipinski definition) is 2. The molecule has 0 radical (unpaired) electrons. The van der Waals surface area contributed by atoms with Gasteiger partial charge in [0.1, 0.15) is 5.82 Å². The largest absolute Gasteiger partial charge is 0.382 e. The van der Waals surface area contributed by atoms with E-state index in [9.17, 15) is 0 Å². The molecule has 1 aromatic heterocycles. The number of aromatic amines is 1. The Labute approximate surface area is 77.0 Å². The summed E-state index contributed by atoms with van der Waals surface area (Å²) in [6.07, 6.45) is 7.28. The molecule has 2 aliphatic carbocycles. The van der Waals surface area contributed by atoms with Gasteiger partial charge in [-0.25, -0.2) is 0 Å². The number of nitrogens with zero attached hydrogens (tertiary/aromatic N) is 1. The Hall–Kier alpha value is -1.25. The Morgan fingerprint density at radius 1 is 1.38 bits per heavy atom. The van der Waals surface area contributed by atoms with E-state index >= 15 is 0 Å². The maximum atomic E-state index is 5.58. The first-order valence-corrected chi connectivity index (χ1v) is 4.82. The lowest BCUT2D eigenvalue weighted by Gasteiger charge is -2.15. The van der Waals surface area contributed by atoms with Gasteiger partial charge in [0.05, 0.1) is 0 Å². The molecule has 3 rings (SSSR count). The average molecular weight is 175 g/mol. The molecule has 0 spiro atoms. The summed E-state index contributed by atoms with van der Waals surface area (Å²) in [6.45, 7) is 0. The van der Waals surface area contributed by atoms with Crippen molar-refractivity contribution in [3.8, 4) is 0 Å². The average Bonchev–Trinajstić information content (AvgIpc) is 2.77. The van der Waals surface area contributed by atoms with Gasteiger partial charge in [-0.05, 0) is 24.7 Å². The Morgan fingerprint density at radius 2 is 2.31 bits per heavy atom. The molecule has 1 heterocycles. The van der Waals surface area contributed by atoms with E-state index in [-0.39, 0.29) is 0 Å². The predicted molar refractivity (Wildman–Crippen MR) is 51.1 cm³/mol. The van der Waals surface area contributed by atoms with E-state index in [1.807, 2.05) is 6.07 Å². The monoisotopic (exact) mass is 175 g/mol. The molecule has 0 aromatic carbocycles. The van der Waals surface area contributed by atoms with Gasteiger partial charge in [-0.3, -0.25) is 5.10 Å². The molecule has 3 heteroatoms. The molecule has 1 saturated carbocycles. The molecule has 3 unspecified atom stereocenters. The van der Waals surface area contributed by atoms with Crippen molar-refractivity contribution in [2.24, 2.45) is 11.8 Å². The number of fused-ring (bicyclic) bond motifs is 2. The quantitative estimate of drug-likeness (QED) is 0.638. The van der Waals surface area contributed by atoms with E-state index in [4.69, 9.17) is 5.73 Å². The summed E-state index contributed by atoms with van der Waals surface area (Å²) in [6, 6.07) is 1.97. The number of nitrogen functional groups attached to an aromatic ring is 1. The number of hydrogen-bond acceptors (Lipinski definition) is 2. The lowest BCUT2D eigenvalue weighted by atomic mass is 9.91. The van der Waals surface area contributed by atoms with Gasteiger partial charge in [0.15, 0.2) is 0 Å². The minimum Gasteiger partial charge on any atom is -0.382 e. The van der Waals surface area contributed by atoms with Gasteiger partial charge in [0, 0.05) is 17.7 Å². The van der Waals surface area contributed by atoms with Crippen molar-refractivity contribution >= 4 is 5.82 Å². The molecule has 0 aliphatic heterocycles.